The molecule has 0 saturated heterocycles. The van der Waals surface area contributed by atoms with Crippen molar-refractivity contribution in [2.75, 3.05) is 12.4 Å². The predicted octanol–water partition coefficient (Wildman–Crippen LogP) is 2.58. The molecule has 8 nitrogen and oxygen atoms in total. The van der Waals surface area contributed by atoms with Gasteiger partial charge in [-0.1, -0.05) is 0 Å². The fourth-order valence-corrected chi connectivity index (χ4v) is 3.57. The lowest BCUT2D eigenvalue weighted by Crippen LogP contribution is -2.40. The van der Waals surface area contributed by atoms with Crippen LogP contribution < -0.4 is 5.32 Å². The van der Waals surface area contributed by atoms with Gasteiger partial charge < -0.3 is 14.6 Å². The summed E-state index contributed by atoms with van der Waals surface area (Å²) in [5, 5.41) is 7.95. The van der Waals surface area contributed by atoms with E-state index < -0.39 is 0 Å². The van der Waals surface area contributed by atoms with Gasteiger partial charge in [0.15, 0.2) is 5.65 Å². The van der Waals surface area contributed by atoms with Crippen LogP contribution in [-0.4, -0.2) is 48.4 Å². The van der Waals surface area contributed by atoms with E-state index in [1.54, 1.807) is 7.11 Å². The molecule has 0 aliphatic heterocycles. The number of methoxy groups -OCH3 is 1. The summed E-state index contributed by atoms with van der Waals surface area (Å²) in [6.07, 6.45) is 6.11. The molecule has 8 heteroatoms. The third-order valence-electron chi connectivity index (χ3n) is 5.39. The normalized spacial score (nSPS) is 19.5. The number of aryl methyl sites for hydroxylation is 2. The molecule has 4 aromatic rings. The van der Waals surface area contributed by atoms with Gasteiger partial charge in [-0.2, -0.15) is 0 Å². The van der Waals surface area contributed by atoms with E-state index in [1.165, 1.54) is 0 Å². The molecule has 0 unspecified atom stereocenters. The first kappa shape index (κ1) is 16.2. The number of hydrogen-bond donors (Lipinski definition) is 1. The van der Waals surface area contributed by atoms with Crippen molar-refractivity contribution in [1.82, 2.24) is 29.1 Å². The van der Waals surface area contributed by atoms with Crippen molar-refractivity contribution in [3.8, 4) is 11.3 Å². The van der Waals surface area contributed by atoms with Crippen LogP contribution in [0.4, 0.5) is 5.95 Å². The van der Waals surface area contributed by atoms with Crippen molar-refractivity contribution in [1.29, 1.82) is 0 Å². The minimum Gasteiger partial charge on any atom is -0.381 e. The van der Waals surface area contributed by atoms with Gasteiger partial charge in [-0.25, -0.2) is 19.5 Å². The Morgan fingerprint density at radius 2 is 2.04 bits per heavy atom. The zero-order chi connectivity index (χ0) is 18.5. The third kappa shape index (κ3) is 2.64. The molecule has 1 N–H and O–H groups in total. The van der Waals surface area contributed by atoms with E-state index in [4.69, 9.17) is 9.72 Å². The van der Waals surface area contributed by atoms with Crippen LogP contribution in [0.5, 0.6) is 0 Å². The van der Waals surface area contributed by atoms with Crippen LogP contribution in [-0.2, 0) is 11.8 Å². The molecule has 4 aromatic heterocycles. The monoisotopic (exact) mass is 363 g/mol. The SMILES string of the molecule is CO[C@H]1C[C@H](Nc2ncc3c(-c4ccc5nc(C)n(C)c5n4)ccn3n2)C1. The molecule has 0 atom stereocenters. The van der Waals surface area contributed by atoms with Gasteiger partial charge in [0.05, 0.1) is 23.5 Å². The predicted molar refractivity (Wildman–Crippen MR) is 103 cm³/mol. The smallest absolute Gasteiger partial charge is 0.241 e. The molecule has 0 bridgehead atoms. The van der Waals surface area contributed by atoms with Crippen LogP contribution >= 0.6 is 0 Å². The summed E-state index contributed by atoms with van der Waals surface area (Å²) >= 11 is 0. The van der Waals surface area contributed by atoms with E-state index in [-0.39, 0.29) is 0 Å². The fraction of sp³-hybridized carbons (Fsp3) is 0.368. The highest BCUT2D eigenvalue weighted by atomic mass is 16.5. The summed E-state index contributed by atoms with van der Waals surface area (Å²) in [5.41, 5.74) is 4.60. The summed E-state index contributed by atoms with van der Waals surface area (Å²) in [4.78, 5) is 13.8. The number of pyridine rings is 1. The molecule has 1 aliphatic rings. The molecule has 5 rings (SSSR count). The lowest BCUT2D eigenvalue weighted by molar-refractivity contribution is 0.0326. The Labute approximate surface area is 156 Å². The average molecular weight is 363 g/mol. The van der Waals surface area contributed by atoms with Gasteiger partial charge in [-0.3, -0.25) is 0 Å². The molecule has 0 amide bonds. The van der Waals surface area contributed by atoms with E-state index in [1.807, 2.05) is 53.6 Å². The van der Waals surface area contributed by atoms with Gasteiger partial charge in [0.25, 0.3) is 0 Å². The number of nitrogens with zero attached hydrogens (tertiary/aromatic N) is 6. The molecule has 1 fully saturated rings. The molecule has 27 heavy (non-hydrogen) atoms. The van der Waals surface area contributed by atoms with Crippen LogP contribution in [0.15, 0.2) is 30.6 Å². The molecule has 0 radical (unpaired) electrons. The van der Waals surface area contributed by atoms with Crippen LogP contribution in [0.1, 0.15) is 18.7 Å². The first-order valence-corrected chi connectivity index (χ1v) is 9.06. The second-order valence-corrected chi connectivity index (χ2v) is 7.07. The summed E-state index contributed by atoms with van der Waals surface area (Å²) in [6, 6.07) is 6.40. The zero-order valence-corrected chi connectivity index (χ0v) is 15.5. The second kappa shape index (κ2) is 6.02. The number of anilines is 1. The third-order valence-corrected chi connectivity index (χ3v) is 5.39. The molecule has 1 aliphatic carbocycles. The first-order chi connectivity index (χ1) is 13.1. The summed E-state index contributed by atoms with van der Waals surface area (Å²) in [5.74, 6) is 1.58. The maximum absolute atomic E-state index is 5.32. The average Bonchev–Trinajstić information content (AvgIpc) is 3.18. The number of imidazole rings is 1. The van der Waals surface area contributed by atoms with E-state index in [9.17, 15) is 0 Å². The molecular formula is C19H21N7O. The van der Waals surface area contributed by atoms with Crippen molar-refractivity contribution in [2.45, 2.75) is 31.9 Å². The van der Waals surface area contributed by atoms with Gasteiger partial charge in [0, 0.05) is 32.0 Å². The van der Waals surface area contributed by atoms with Gasteiger partial charge in [0.1, 0.15) is 11.3 Å². The topological polar surface area (TPSA) is 82.2 Å². The Morgan fingerprint density at radius 1 is 1.19 bits per heavy atom. The zero-order valence-electron chi connectivity index (χ0n) is 15.5. The minimum absolute atomic E-state index is 0.348. The fourth-order valence-electron chi connectivity index (χ4n) is 3.57. The quantitative estimate of drug-likeness (QED) is 0.600. The Bertz CT molecular complexity index is 1140. The minimum atomic E-state index is 0.348. The highest BCUT2D eigenvalue weighted by Crippen LogP contribution is 2.27. The van der Waals surface area contributed by atoms with Crippen LogP contribution in [0, 0.1) is 6.92 Å². The Morgan fingerprint density at radius 3 is 2.85 bits per heavy atom. The van der Waals surface area contributed by atoms with Gasteiger partial charge in [-0.05, 0) is 38.0 Å². The van der Waals surface area contributed by atoms with Crippen LogP contribution in [0.3, 0.4) is 0 Å². The number of aromatic nitrogens is 6. The summed E-state index contributed by atoms with van der Waals surface area (Å²) < 4.78 is 9.16. The molecule has 0 aromatic carbocycles. The summed E-state index contributed by atoms with van der Waals surface area (Å²) in [6.45, 7) is 1.98. The molecule has 138 valence electrons. The molecular weight excluding hydrogens is 342 g/mol. The first-order valence-electron chi connectivity index (χ1n) is 9.06. The maximum atomic E-state index is 5.32. The second-order valence-electron chi connectivity index (χ2n) is 7.07. The van der Waals surface area contributed by atoms with Crippen LogP contribution in [0.25, 0.3) is 27.9 Å². The Balaban J connectivity index is 1.47. The lowest BCUT2D eigenvalue weighted by atomic mass is 9.89. The van der Waals surface area contributed by atoms with Crippen molar-refractivity contribution in [2.24, 2.45) is 7.05 Å². The van der Waals surface area contributed by atoms with Crippen molar-refractivity contribution >= 4 is 22.6 Å². The molecule has 0 spiro atoms. The van der Waals surface area contributed by atoms with Gasteiger partial charge in [0.2, 0.25) is 5.95 Å². The highest BCUT2D eigenvalue weighted by molar-refractivity contribution is 5.82. The number of rotatable bonds is 4. The molecule has 1 saturated carbocycles. The van der Waals surface area contributed by atoms with Gasteiger partial charge >= 0.3 is 0 Å². The van der Waals surface area contributed by atoms with Gasteiger partial charge in [-0.15, -0.1) is 5.10 Å². The Kier molecular flexibility index (Phi) is 3.61. The Hall–Kier alpha value is -3.00. The van der Waals surface area contributed by atoms with E-state index in [0.717, 1.165) is 46.6 Å². The highest BCUT2D eigenvalue weighted by Gasteiger charge is 2.29. The number of ether oxygens (including phenoxy) is 1. The maximum Gasteiger partial charge on any atom is 0.241 e. The van der Waals surface area contributed by atoms with Crippen molar-refractivity contribution < 1.29 is 4.74 Å². The lowest BCUT2D eigenvalue weighted by Gasteiger charge is -2.34. The standard InChI is InChI=1S/C19H21N7O/c1-11-21-16-5-4-15(23-18(16)25(11)2)14-6-7-26-17(14)10-20-19(24-26)22-12-8-13(9-12)27-3/h4-7,10,12-13H,8-9H2,1-3H3,(H,22,24)/t12-,13-. The van der Waals surface area contributed by atoms with Crippen LogP contribution in [0.2, 0.25) is 0 Å². The van der Waals surface area contributed by atoms with E-state index >= 15 is 0 Å². The van der Waals surface area contributed by atoms with E-state index in [2.05, 4.69) is 20.4 Å². The number of hydrogen-bond acceptors (Lipinski definition) is 6. The number of fused-ring (bicyclic) bond motifs is 2. The summed E-state index contributed by atoms with van der Waals surface area (Å²) in [7, 11) is 3.73. The largest absolute Gasteiger partial charge is 0.381 e. The number of nitrogens with one attached hydrogen (secondary N) is 1. The molecule has 4 heterocycles. The van der Waals surface area contributed by atoms with Crippen molar-refractivity contribution in [3.63, 3.8) is 0 Å². The van der Waals surface area contributed by atoms with E-state index in [0.29, 0.717) is 18.1 Å². The van der Waals surface area contributed by atoms with Crippen molar-refractivity contribution in [3.05, 3.63) is 36.4 Å².